The van der Waals surface area contributed by atoms with Crippen LogP contribution < -0.4 is 10.9 Å². The average molecular weight is 318 g/mol. The van der Waals surface area contributed by atoms with Gasteiger partial charge in [0, 0.05) is 36.0 Å². The lowest BCUT2D eigenvalue weighted by Crippen LogP contribution is -2.39. The number of hydrogen-bond donors (Lipinski definition) is 2. The lowest BCUT2D eigenvalue weighted by molar-refractivity contribution is 0.0899. The van der Waals surface area contributed by atoms with E-state index in [2.05, 4.69) is 10.3 Å². The van der Waals surface area contributed by atoms with Crippen LogP contribution in [0, 0.1) is 11.7 Å². The van der Waals surface area contributed by atoms with Gasteiger partial charge in [-0.3, -0.25) is 9.59 Å². The standard InChI is InChI=1S/C17H19FN2O3/c1-23-9-10-3-2-4-14(10)20-17(22)13-8-16(21)19-15-6-5-11(18)7-12(13)15/h5-8,10,14H,2-4,9H2,1H3,(H,19,21)(H,20,22)/t10-,14-/m1/s1. The number of hydrogen-bond acceptors (Lipinski definition) is 3. The lowest BCUT2D eigenvalue weighted by Gasteiger charge is -2.20. The van der Waals surface area contributed by atoms with Gasteiger partial charge in [0.1, 0.15) is 5.82 Å². The Kier molecular flexibility index (Phi) is 4.43. The molecule has 0 aliphatic heterocycles. The zero-order valence-corrected chi connectivity index (χ0v) is 12.9. The normalized spacial score (nSPS) is 20.8. The summed E-state index contributed by atoms with van der Waals surface area (Å²) in [4.78, 5) is 27.0. The highest BCUT2D eigenvalue weighted by atomic mass is 19.1. The fraction of sp³-hybridized carbons (Fsp3) is 0.412. The Bertz CT molecular complexity index is 787. The maximum absolute atomic E-state index is 13.5. The Balaban J connectivity index is 1.91. The first-order valence-corrected chi connectivity index (χ1v) is 7.71. The van der Waals surface area contributed by atoms with Crippen molar-refractivity contribution in [2.45, 2.75) is 25.3 Å². The van der Waals surface area contributed by atoms with E-state index >= 15 is 0 Å². The highest BCUT2D eigenvalue weighted by Crippen LogP contribution is 2.26. The molecule has 2 N–H and O–H groups in total. The van der Waals surface area contributed by atoms with Gasteiger partial charge in [0.2, 0.25) is 5.56 Å². The zero-order chi connectivity index (χ0) is 16.4. The number of H-pyrrole nitrogens is 1. The number of amides is 1. The van der Waals surface area contributed by atoms with Crippen LogP contribution in [0.4, 0.5) is 4.39 Å². The second-order valence-corrected chi connectivity index (χ2v) is 5.96. The molecule has 122 valence electrons. The molecule has 1 amide bonds. The number of aromatic amines is 1. The maximum atomic E-state index is 13.5. The first-order chi connectivity index (χ1) is 11.1. The van der Waals surface area contributed by atoms with Crippen LogP contribution >= 0.6 is 0 Å². The molecule has 1 aromatic heterocycles. The number of rotatable bonds is 4. The van der Waals surface area contributed by atoms with Gasteiger partial charge in [0.05, 0.1) is 12.2 Å². The van der Waals surface area contributed by atoms with Crippen LogP contribution in [0.15, 0.2) is 29.1 Å². The van der Waals surface area contributed by atoms with Crippen LogP contribution in [0.3, 0.4) is 0 Å². The quantitative estimate of drug-likeness (QED) is 0.908. The summed E-state index contributed by atoms with van der Waals surface area (Å²) in [5.74, 6) is -0.523. The molecule has 23 heavy (non-hydrogen) atoms. The van der Waals surface area contributed by atoms with Gasteiger partial charge in [-0.25, -0.2) is 4.39 Å². The van der Waals surface area contributed by atoms with Gasteiger partial charge >= 0.3 is 0 Å². The van der Waals surface area contributed by atoms with E-state index in [-0.39, 0.29) is 29.0 Å². The van der Waals surface area contributed by atoms with E-state index in [1.807, 2.05) is 0 Å². The van der Waals surface area contributed by atoms with Gasteiger partial charge < -0.3 is 15.0 Å². The second kappa shape index (κ2) is 6.50. The molecule has 2 atom stereocenters. The zero-order valence-electron chi connectivity index (χ0n) is 12.9. The van der Waals surface area contributed by atoms with Crippen molar-refractivity contribution in [1.82, 2.24) is 10.3 Å². The summed E-state index contributed by atoms with van der Waals surface area (Å²) < 4.78 is 18.7. The molecular formula is C17H19FN2O3. The fourth-order valence-corrected chi connectivity index (χ4v) is 3.30. The molecule has 0 spiro atoms. The molecule has 0 unspecified atom stereocenters. The van der Waals surface area contributed by atoms with Crippen LogP contribution in [0.25, 0.3) is 10.9 Å². The number of carbonyl (C=O) groups excluding carboxylic acids is 1. The van der Waals surface area contributed by atoms with Crippen LogP contribution in [0.5, 0.6) is 0 Å². The summed E-state index contributed by atoms with van der Waals surface area (Å²) in [5.41, 5.74) is 0.268. The third-order valence-corrected chi connectivity index (χ3v) is 4.41. The van der Waals surface area contributed by atoms with Crippen molar-refractivity contribution in [1.29, 1.82) is 0 Å². The number of ether oxygens (including phenoxy) is 1. The number of nitrogens with one attached hydrogen (secondary N) is 2. The molecule has 2 aromatic rings. The number of benzene rings is 1. The Morgan fingerprint density at radius 1 is 1.39 bits per heavy atom. The second-order valence-electron chi connectivity index (χ2n) is 5.96. The molecular weight excluding hydrogens is 299 g/mol. The molecule has 5 nitrogen and oxygen atoms in total. The number of carbonyl (C=O) groups is 1. The smallest absolute Gasteiger partial charge is 0.252 e. The van der Waals surface area contributed by atoms with E-state index in [9.17, 15) is 14.0 Å². The molecule has 1 heterocycles. The molecule has 0 saturated heterocycles. The number of methoxy groups -OCH3 is 1. The molecule has 1 saturated carbocycles. The van der Waals surface area contributed by atoms with Crippen LogP contribution in [0.2, 0.25) is 0 Å². The molecule has 1 aromatic carbocycles. The summed E-state index contributed by atoms with van der Waals surface area (Å²) in [6, 6.07) is 5.22. The van der Waals surface area contributed by atoms with Gasteiger partial charge in [-0.15, -0.1) is 0 Å². The van der Waals surface area contributed by atoms with Crippen LogP contribution in [-0.2, 0) is 4.74 Å². The van der Waals surface area contributed by atoms with Crippen molar-refractivity contribution < 1.29 is 13.9 Å². The summed E-state index contributed by atoms with van der Waals surface area (Å²) in [5, 5.41) is 3.38. The maximum Gasteiger partial charge on any atom is 0.252 e. The lowest BCUT2D eigenvalue weighted by atomic mass is 10.0. The Morgan fingerprint density at radius 2 is 2.22 bits per heavy atom. The van der Waals surface area contributed by atoms with Crippen LogP contribution in [-0.4, -0.2) is 30.6 Å². The van der Waals surface area contributed by atoms with Crippen molar-refractivity contribution in [3.8, 4) is 0 Å². The SMILES string of the molecule is COC[C@H]1CCC[C@H]1NC(=O)c1cc(=O)[nH]c2ccc(F)cc12. The molecule has 1 aliphatic rings. The first-order valence-electron chi connectivity index (χ1n) is 7.71. The van der Waals surface area contributed by atoms with Gasteiger partial charge in [0.15, 0.2) is 0 Å². The Hall–Kier alpha value is -2.21. The summed E-state index contributed by atoms with van der Waals surface area (Å²) in [6.45, 7) is 0.593. The third kappa shape index (κ3) is 3.27. The minimum Gasteiger partial charge on any atom is -0.384 e. The van der Waals surface area contributed by atoms with Crippen molar-refractivity contribution in [2.75, 3.05) is 13.7 Å². The molecule has 3 rings (SSSR count). The molecule has 0 radical (unpaired) electrons. The Morgan fingerprint density at radius 3 is 3.00 bits per heavy atom. The fourth-order valence-electron chi connectivity index (χ4n) is 3.30. The number of fused-ring (bicyclic) bond motifs is 1. The predicted octanol–water partition coefficient (Wildman–Crippen LogP) is 2.21. The highest BCUT2D eigenvalue weighted by Gasteiger charge is 2.29. The first kappa shape index (κ1) is 15.7. The van der Waals surface area contributed by atoms with Crippen molar-refractivity contribution >= 4 is 16.8 Å². The number of aromatic nitrogens is 1. The van der Waals surface area contributed by atoms with E-state index in [0.29, 0.717) is 17.5 Å². The number of pyridine rings is 1. The van der Waals surface area contributed by atoms with Crippen molar-refractivity contribution in [2.24, 2.45) is 5.92 Å². The van der Waals surface area contributed by atoms with Crippen molar-refractivity contribution in [3.05, 3.63) is 46.0 Å². The summed E-state index contributed by atoms with van der Waals surface area (Å²) >= 11 is 0. The predicted molar refractivity (Wildman–Crippen MR) is 85.0 cm³/mol. The molecule has 0 bridgehead atoms. The van der Waals surface area contributed by atoms with Gasteiger partial charge in [-0.1, -0.05) is 6.42 Å². The Labute approximate surface area is 132 Å². The largest absolute Gasteiger partial charge is 0.384 e. The van der Waals surface area contributed by atoms with Gasteiger partial charge in [-0.2, -0.15) is 0 Å². The minimum absolute atomic E-state index is 0.0188. The third-order valence-electron chi connectivity index (χ3n) is 4.41. The molecule has 6 heteroatoms. The highest BCUT2D eigenvalue weighted by molar-refractivity contribution is 6.06. The van der Waals surface area contributed by atoms with Crippen LogP contribution in [0.1, 0.15) is 29.6 Å². The summed E-state index contributed by atoms with van der Waals surface area (Å²) in [7, 11) is 1.64. The van der Waals surface area contributed by atoms with E-state index < -0.39 is 5.82 Å². The van der Waals surface area contributed by atoms with E-state index in [4.69, 9.17) is 4.74 Å². The van der Waals surface area contributed by atoms with Gasteiger partial charge in [-0.05, 0) is 31.0 Å². The van der Waals surface area contributed by atoms with E-state index in [1.165, 1.54) is 24.3 Å². The van der Waals surface area contributed by atoms with E-state index in [1.54, 1.807) is 7.11 Å². The monoisotopic (exact) mass is 318 g/mol. The topological polar surface area (TPSA) is 71.2 Å². The summed E-state index contributed by atoms with van der Waals surface area (Å²) in [6.07, 6.45) is 2.92. The van der Waals surface area contributed by atoms with E-state index in [0.717, 1.165) is 19.3 Å². The number of halogens is 1. The molecule has 1 fully saturated rings. The average Bonchev–Trinajstić information content (AvgIpc) is 2.94. The van der Waals surface area contributed by atoms with Crippen molar-refractivity contribution in [3.63, 3.8) is 0 Å². The van der Waals surface area contributed by atoms with Gasteiger partial charge in [0.25, 0.3) is 5.91 Å². The minimum atomic E-state index is -0.447. The molecule has 1 aliphatic carbocycles.